The average Bonchev–Trinajstić information content (AvgIpc) is 2.35. The summed E-state index contributed by atoms with van der Waals surface area (Å²) in [5.41, 5.74) is 5.02. The van der Waals surface area contributed by atoms with Crippen LogP contribution in [-0.4, -0.2) is 24.9 Å². The number of halogens is 3. The van der Waals surface area contributed by atoms with Crippen LogP contribution in [0.2, 0.25) is 0 Å². The maximum Gasteiger partial charge on any atom is 0.420 e. The molecule has 1 heterocycles. The summed E-state index contributed by atoms with van der Waals surface area (Å²) in [6.45, 7) is -0.186. The van der Waals surface area contributed by atoms with Crippen molar-refractivity contribution in [3.63, 3.8) is 0 Å². The van der Waals surface area contributed by atoms with E-state index in [-0.39, 0.29) is 31.3 Å². The molecule has 0 aliphatic carbocycles. The lowest BCUT2D eigenvalue weighted by Crippen LogP contribution is -2.23. The van der Waals surface area contributed by atoms with Gasteiger partial charge < -0.3 is 20.3 Å². The van der Waals surface area contributed by atoms with E-state index in [2.05, 4.69) is 0 Å². The van der Waals surface area contributed by atoms with Crippen molar-refractivity contribution in [2.45, 2.75) is 12.2 Å². The Kier molecular flexibility index (Phi) is 3.36. The minimum atomic E-state index is -4.52. The molecule has 0 fully saturated rings. The summed E-state index contributed by atoms with van der Waals surface area (Å²) < 4.78 is 48.6. The van der Waals surface area contributed by atoms with E-state index in [0.717, 1.165) is 6.07 Å². The Morgan fingerprint density at radius 1 is 1.22 bits per heavy atom. The first kappa shape index (κ1) is 13.0. The van der Waals surface area contributed by atoms with Crippen LogP contribution in [0, 0.1) is 0 Å². The molecule has 3 N–H and O–H groups in total. The van der Waals surface area contributed by atoms with Crippen LogP contribution in [0.25, 0.3) is 0 Å². The molecule has 0 spiro atoms. The SMILES string of the molecule is NC(CO)c1ccc(C(F)(F)F)c2c1OCCO2. The van der Waals surface area contributed by atoms with E-state index in [1.54, 1.807) is 0 Å². The van der Waals surface area contributed by atoms with Gasteiger partial charge in [-0.05, 0) is 6.07 Å². The van der Waals surface area contributed by atoms with Gasteiger partial charge in [-0.3, -0.25) is 0 Å². The standard InChI is InChI=1S/C11H12F3NO3/c12-11(13,14)7-2-1-6(8(15)5-16)9-10(7)18-4-3-17-9/h1-2,8,16H,3-5,15H2. The molecule has 100 valence electrons. The Labute approximate surface area is 101 Å². The summed E-state index contributed by atoms with van der Waals surface area (Å²) in [7, 11) is 0. The van der Waals surface area contributed by atoms with Crippen LogP contribution >= 0.6 is 0 Å². The van der Waals surface area contributed by atoms with Crippen molar-refractivity contribution in [1.82, 2.24) is 0 Å². The fourth-order valence-corrected chi connectivity index (χ4v) is 1.77. The van der Waals surface area contributed by atoms with Gasteiger partial charge in [0.25, 0.3) is 0 Å². The molecule has 7 heteroatoms. The first-order valence-electron chi connectivity index (χ1n) is 5.31. The third kappa shape index (κ3) is 2.23. The lowest BCUT2D eigenvalue weighted by atomic mass is 10.0. The van der Waals surface area contributed by atoms with Crippen molar-refractivity contribution in [3.8, 4) is 11.5 Å². The third-order valence-corrected chi connectivity index (χ3v) is 2.62. The molecule has 0 aromatic heterocycles. The largest absolute Gasteiger partial charge is 0.486 e. The Hall–Kier alpha value is -1.47. The van der Waals surface area contributed by atoms with Crippen LogP contribution in [0.15, 0.2) is 12.1 Å². The molecular weight excluding hydrogens is 251 g/mol. The number of rotatable bonds is 2. The maximum atomic E-state index is 12.8. The van der Waals surface area contributed by atoms with Gasteiger partial charge in [0.1, 0.15) is 18.8 Å². The van der Waals surface area contributed by atoms with E-state index in [9.17, 15) is 13.2 Å². The second kappa shape index (κ2) is 4.66. The first-order valence-corrected chi connectivity index (χ1v) is 5.31. The molecule has 1 aliphatic heterocycles. The molecule has 1 aromatic carbocycles. The maximum absolute atomic E-state index is 12.8. The number of hydrogen-bond donors (Lipinski definition) is 2. The smallest absolute Gasteiger partial charge is 0.420 e. The second-order valence-electron chi connectivity index (χ2n) is 3.84. The predicted molar refractivity (Wildman–Crippen MR) is 56.4 cm³/mol. The van der Waals surface area contributed by atoms with Crippen molar-refractivity contribution in [3.05, 3.63) is 23.3 Å². The van der Waals surface area contributed by atoms with Gasteiger partial charge in [-0.2, -0.15) is 13.2 Å². The monoisotopic (exact) mass is 263 g/mol. The fraction of sp³-hybridized carbons (Fsp3) is 0.455. The minimum Gasteiger partial charge on any atom is -0.486 e. The number of alkyl halides is 3. The quantitative estimate of drug-likeness (QED) is 0.848. The molecule has 1 atom stereocenters. The highest BCUT2D eigenvalue weighted by atomic mass is 19.4. The third-order valence-electron chi connectivity index (χ3n) is 2.62. The van der Waals surface area contributed by atoms with E-state index in [1.165, 1.54) is 6.07 Å². The molecule has 0 saturated heterocycles. The Balaban J connectivity index is 2.56. The number of ether oxygens (including phenoxy) is 2. The number of aliphatic hydroxyl groups is 1. The van der Waals surface area contributed by atoms with E-state index < -0.39 is 17.8 Å². The van der Waals surface area contributed by atoms with Crippen molar-refractivity contribution in [2.75, 3.05) is 19.8 Å². The second-order valence-corrected chi connectivity index (χ2v) is 3.84. The van der Waals surface area contributed by atoms with Crippen LogP contribution in [0.3, 0.4) is 0 Å². The van der Waals surface area contributed by atoms with Gasteiger partial charge in [0.15, 0.2) is 11.5 Å². The topological polar surface area (TPSA) is 64.7 Å². The normalized spacial score (nSPS) is 16.5. The molecule has 0 saturated carbocycles. The Bertz CT molecular complexity index is 448. The minimum absolute atomic E-state index is 0.0300. The van der Waals surface area contributed by atoms with Crippen molar-refractivity contribution in [2.24, 2.45) is 5.73 Å². The molecule has 0 bridgehead atoms. The summed E-state index contributed by atoms with van der Waals surface area (Å²) in [4.78, 5) is 0. The molecule has 18 heavy (non-hydrogen) atoms. The number of aliphatic hydroxyl groups excluding tert-OH is 1. The number of nitrogens with two attached hydrogens (primary N) is 1. The number of benzene rings is 1. The molecule has 0 amide bonds. The predicted octanol–water partition coefficient (Wildman–Crippen LogP) is 1.47. The van der Waals surface area contributed by atoms with E-state index in [0.29, 0.717) is 5.56 Å². The van der Waals surface area contributed by atoms with Gasteiger partial charge in [-0.25, -0.2) is 0 Å². The van der Waals surface area contributed by atoms with Gasteiger partial charge >= 0.3 is 6.18 Å². The van der Waals surface area contributed by atoms with E-state index in [1.807, 2.05) is 0 Å². The van der Waals surface area contributed by atoms with Crippen molar-refractivity contribution in [1.29, 1.82) is 0 Å². The summed E-state index contributed by atoms with van der Waals surface area (Å²) in [6, 6.07) is 1.29. The van der Waals surface area contributed by atoms with Crippen LogP contribution in [0.1, 0.15) is 17.2 Å². The summed E-state index contributed by atoms with van der Waals surface area (Å²) in [5, 5.41) is 8.98. The van der Waals surface area contributed by atoms with Gasteiger partial charge in [0.05, 0.1) is 12.6 Å². The number of fused-ring (bicyclic) bond motifs is 1. The van der Waals surface area contributed by atoms with Crippen molar-refractivity contribution < 1.29 is 27.8 Å². The van der Waals surface area contributed by atoms with Crippen LogP contribution in [0.4, 0.5) is 13.2 Å². The van der Waals surface area contributed by atoms with Gasteiger partial charge in [0, 0.05) is 5.56 Å². The lowest BCUT2D eigenvalue weighted by molar-refractivity contribution is -0.139. The Morgan fingerprint density at radius 2 is 1.83 bits per heavy atom. The van der Waals surface area contributed by atoms with Crippen LogP contribution in [0.5, 0.6) is 11.5 Å². The van der Waals surface area contributed by atoms with E-state index in [4.69, 9.17) is 20.3 Å². The van der Waals surface area contributed by atoms with Gasteiger partial charge in [-0.15, -0.1) is 0 Å². The first-order chi connectivity index (χ1) is 8.45. The Morgan fingerprint density at radius 3 is 2.39 bits per heavy atom. The molecule has 1 aliphatic rings. The molecular formula is C11H12F3NO3. The summed E-state index contributed by atoms with van der Waals surface area (Å²) in [6.07, 6.45) is -4.52. The highest BCUT2D eigenvalue weighted by molar-refractivity contribution is 5.54. The number of hydrogen-bond acceptors (Lipinski definition) is 4. The van der Waals surface area contributed by atoms with Gasteiger partial charge in [0.2, 0.25) is 0 Å². The highest BCUT2D eigenvalue weighted by Gasteiger charge is 2.38. The molecule has 2 rings (SSSR count). The van der Waals surface area contributed by atoms with Crippen molar-refractivity contribution >= 4 is 0 Å². The van der Waals surface area contributed by atoms with Gasteiger partial charge in [-0.1, -0.05) is 6.07 Å². The molecule has 1 unspecified atom stereocenters. The zero-order valence-electron chi connectivity index (χ0n) is 9.33. The molecule has 1 aromatic rings. The lowest BCUT2D eigenvalue weighted by Gasteiger charge is -2.25. The van der Waals surface area contributed by atoms with E-state index >= 15 is 0 Å². The zero-order chi connectivity index (χ0) is 13.3. The van der Waals surface area contributed by atoms with Crippen LogP contribution in [-0.2, 0) is 6.18 Å². The average molecular weight is 263 g/mol. The summed E-state index contributed by atoms with van der Waals surface area (Å²) in [5.74, 6) is -0.382. The molecule has 0 radical (unpaired) electrons. The summed E-state index contributed by atoms with van der Waals surface area (Å²) >= 11 is 0. The van der Waals surface area contributed by atoms with Crippen LogP contribution < -0.4 is 15.2 Å². The zero-order valence-corrected chi connectivity index (χ0v) is 9.33. The molecule has 4 nitrogen and oxygen atoms in total. The highest BCUT2D eigenvalue weighted by Crippen LogP contribution is 2.45. The fourth-order valence-electron chi connectivity index (χ4n) is 1.77.